The maximum Gasteiger partial charge on any atom is 0.225 e. The lowest BCUT2D eigenvalue weighted by Gasteiger charge is -2.35. The third-order valence-electron chi connectivity index (χ3n) is 4.61. The molecule has 1 amide bonds. The first kappa shape index (κ1) is 15.3. The molecule has 0 atom stereocenters. The predicted octanol–water partition coefficient (Wildman–Crippen LogP) is 3.63. The third kappa shape index (κ3) is 3.99. The topological polar surface area (TPSA) is 23.6 Å². The summed E-state index contributed by atoms with van der Waals surface area (Å²) < 4.78 is 0.861. The van der Waals surface area contributed by atoms with Crippen LogP contribution >= 0.6 is 22.9 Å². The number of nitrogens with zero attached hydrogens (tertiary/aromatic N) is 2. The maximum atomic E-state index is 12.5. The highest BCUT2D eigenvalue weighted by Gasteiger charge is 2.29. The van der Waals surface area contributed by atoms with Gasteiger partial charge in [-0.05, 0) is 57.3 Å². The summed E-state index contributed by atoms with van der Waals surface area (Å²) in [4.78, 5) is 18.4. The lowest BCUT2D eigenvalue weighted by Crippen LogP contribution is -2.44. The van der Waals surface area contributed by atoms with Crippen molar-refractivity contribution in [1.82, 2.24) is 9.80 Å². The van der Waals surface area contributed by atoms with Gasteiger partial charge in [0.15, 0.2) is 0 Å². The summed E-state index contributed by atoms with van der Waals surface area (Å²) in [6.07, 6.45) is 5.67. The van der Waals surface area contributed by atoms with E-state index in [1.807, 2.05) is 6.07 Å². The van der Waals surface area contributed by atoms with Crippen molar-refractivity contribution in [2.24, 2.45) is 5.92 Å². The zero-order valence-electron chi connectivity index (χ0n) is 12.4. The largest absolute Gasteiger partial charge is 0.342 e. The van der Waals surface area contributed by atoms with Crippen molar-refractivity contribution < 1.29 is 4.79 Å². The summed E-state index contributed by atoms with van der Waals surface area (Å²) in [5.41, 5.74) is 0. The number of carbonyl (C=O) groups excluding carboxylic acids is 1. The minimum absolute atomic E-state index is 0.256. The molecule has 0 spiro atoms. The van der Waals surface area contributed by atoms with Gasteiger partial charge >= 0.3 is 0 Å². The van der Waals surface area contributed by atoms with Crippen molar-refractivity contribution in [3.8, 4) is 0 Å². The second-order valence-corrected chi connectivity index (χ2v) is 7.94. The normalized spacial score (nSPS) is 21.7. The highest BCUT2D eigenvalue weighted by molar-refractivity contribution is 7.16. The third-order valence-corrected chi connectivity index (χ3v) is 5.83. The molecule has 0 unspecified atom stereocenters. The van der Waals surface area contributed by atoms with E-state index in [2.05, 4.69) is 15.9 Å². The van der Waals surface area contributed by atoms with E-state index >= 15 is 0 Å². The quantitative estimate of drug-likeness (QED) is 0.847. The van der Waals surface area contributed by atoms with E-state index in [4.69, 9.17) is 11.6 Å². The molecule has 5 heteroatoms. The Kier molecular flexibility index (Phi) is 5.19. The second-order valence-electron chi connectivity index (χ2n) is 6.14. The highest BCUT2D eigenvalue weighted by atomic mass is 35.5. The lowest BCUT2D eigenvalue weighted by atomic mass is 9.94. The summed E-state index contributed by atoms with van der Waals surface area (Å²) in [7, 11) is 0. The number of hydrogen-bond donors (Lipinski definition) is 0. The van der Waals surface area contributed by atoms with Crippen LogP contribution in [-0.2, 0) is 11.3 Å². The molecular formula is C16H23ClN2OS. The SMILES string of the molecule is O=C(C1CCN(Cc2ccc(Cl)s2)CC1)N1CCCCC1. The standard InChI is InChI=1S/C16H23ClN2OS/c17-15-5-4-14(21-15)12-18-10-6-13(7-11-18)16(20)19-8-2-1-3-9-19/h4-5,13H,1-3,6-12H2. The highest BCUT2D eigenvalue weighted by Crippen LogP contribution is 2.26. The first-order chi connectivity index (χ1) is 10.2. The number of amides is 1. The molecule has 3 heterocycles. The monoisotopic (exact) mass is 326 g/mol. The number of hydrogen-bond acceptors (Lipinski definition) is 3. The molecule has 2 aliphatic rings. The summed E-state index contributed by atoms with van der Waals surface area (Å²) in [5, 5.41) is 0. The van der Waals surface area contributed by atoms with Gasteiger partial charge in [0.2, 0.25) is 5.91 Å². The first-order valence-corrected chi connectivity index (χ1v) is 9.17. The van der Waals surface area contributed by atoms with E-state index < -0.39 is 0 Å². The van der Waals surface area contributed by atoms with Gasteiger partial charge < -0.3 is 4.90 Å². The summed E-state index contributed by atoms with van der Waals surface area (Å²) in [5.74, 6) is 0.666. The van der Waals surface area contributed by atoms with Crippen LogP contribution in [0.1, 0.15) is 37.0 Å². The van der Waals surface area contributed by atoms with Crippen molar-refractivity contribution in [2.45, 2.75) is 38.6 Å². The van der Waals surface area contributed by atoms with Crippen LogP contribution in [0.5, 0.6) is 0 Å². The number of piperidine rings is 2. The molecule has 2 saturated heterocycles. The van der Waals surface area contributed by atoms with Crippen LogP contribution in [0.25, 0.3) is 0 Å². The van der Waals surface area contributed by atoms with Crippen LogP contribution in [0.15, 0.2) is 12.1 Å². The fraction of sp³-hybridized carbons (Fsp3) is 0.688. The molecule has 21 heavy (non-hydrogen) atoms. The Bertz CT molecular complexity index is 476. The van der Waals surface area contributed by atoms with Crippen LogP contribution in [0.4, 0.5) is 0 Å². The van der Waals surface area contributed by atoms with Crippen molar-refractivity contribution in [3.63, 3.8) is 0 Å². The van der Waals surface area contributed by atoms with Crippen LogP contribution in [0, 0.1) is 5.92 Å². The predicted molar refractivity (Wildman–Crippen MR) is 87.8 cm³/mol. The molecule has 0 saturated carbocycles. The van der Waals surface area contributed by atoms with Gasteiger partial charge in [0.05, 0.1) is 4.34 Å². The molecule has 0 radical (unpaired) electrons. The van der Waals surface area contributed by atoms with Gasteiger partial charge in [0, 0.05) is 30.4 Å². The Morgan fingerprint density at radius 1 is 1.14 bits per heavy atom. The molecule has 0 aromatic carbocycles. The minimum Gasteiger partial charge on any atom is -0.342 e. The van der Waals surface area contributed by atoms with Gasteiger partial charge in [0.1, 0.15) is 0 Å². The Balaban J connectivity index is 1.47. The van der Waals surface area contributed by atoms with Gasteiger partial charge in [-0.25, -0.2) is 0 Å². The number of likely N-dealkylation sites (tertiary alicyclic amines) is 2. The van der Waals surface area contributed by atoms with Gasteiger partial charge in [-0.1, -0.05) is 11.6 Å². The number of carbonyl (C=O) groups is 1. The Hall–Kier alpha value is -0.580. The summed E-state index contributed by atoms with van der Waals surface area (Å²) in [6, 6.07) is 4.08. The van der Waals surface area contributed by atoms with Crippen LogP contribution in [0.2, 0.25) is 4.34 Å². The van der Waals surface area contributed by atoms with E-state index in [-0.39, 0.29) is 5.92 Å². The zero-order valence-corrected chi connectivity index (χ0v) is 14.0. The Morgan fingerprint density at radius 2 is 1.86 bits per heavy atom. The van der Waals surface area contributed by atoms with E-state index in [1.54, 1.807) is 11.3 Å². The number of halogens is 1. The zero-order chi connectivity index (χ0) is 14.7. The smallest absolute Gasteiger partial charge is 0.225 e. The fourth-order valence-electron chi connectivity index (χ4n) is 3.37. The summed E-state index contributed by atoms with van der Waals surface area (Å²) in [6.45, 7) is 4.99. The van der Waals surface area contributed by atoms with Gasteiger partial charge in [-0.15, -0.1) is 11.3 Å². The van der Waals surface area contributed by atoms with E-state index in [1.165, 1.54) is 24.1 Å². The molecule has 0 N–H and O–H groups in total. The van der Waals surface area contributed by atoms with Crippen LogP contribution in [0.3, 0.4) is 0 Å². The lowest BCUT2D eigenvalue weighted by molar-refractivity contribution is -0.138. The molecule has 2 aliphatic heterocycles. The summed E-state index contributed by atoms with van der Waals surface area (Å²) >= 11 is 7.64. The van der Waals surface area contributed by atoms with E-state index in [0.29, 0.717) is 5.91 Å². The first-order valence-electron chi connectivity index (χ1n) is 7.98. The Labute approximate surface area is 135 Å². The molecule has 1 aromatic rings. The average Bonchev–Trinajstić information content (AvgIpc) is 2.93. The minimum atomic E-state index is 0.256. The maximum absolute atomic E-state index is 12.5. The van der Waals surface area contributed by atoms with Gasteiger partial charge in [0.25, 0.3) is 0 Å². The van der Waals surface area contributed by atoms with Crippen LogP contribution in [-0.4, -0.2) is 41.9 Å². The molecule has 0 aliphatic carbocycles. The molecular weight excluding hydrogens is 304 g/mol. The number of rotatable bonds is 3. The van der Waals surface area contributed by atoms with Gasteiger partial charge in [-0.2, -0.15) is 0 Å². The molecule has 2 fully saturated rings. The molecule has 0 bridgehead atoms. The van der Waals surface area contributed by atoms with E-state index in [0.717, 1.165) is 49.9 Å². The van der Waals surface area contributed by atoms with Crippen molar-refractivity contribution in [2.75, 3.05) is 26.2 Å². The molecule has 116 valence electrons. The Morgan fingerprint density at radius 3 is 2.48 bits per heavy atom. The average molecular weight is 327 g/mol. The second kappa shape index (κ2) is 7.12. The molecule has 3 rings (SSSR count). The molecule has 1 aromatic heterocycles. The molecule has 3 nitrogen and oxygen atoms in total. The van der Waals surface area contributed by atoms with Crippen molar-refractivity contribution in [1.29, 1.82) is 0 Å². The van der Waals surface area contributed by atoms with Crippen molar-refractivity contribution in [3.05, 3.63) is 21.3 Å². The van der Waals surface area contributed by atoms with E-state index in [9.17, 15) is 4.79 Å². The van der Waals surface area contributed by atoms with Crippen molar-refractivity contribution >= 4 is 28.8 Å². The van der Waals surface area contributed by atoms with Crippen LogP contribution < -0.4 is 0 Å². The number of thiophene rings is 1. The van der Waals surface area contributed by atoms with Gasteiger partial charge in [-0.3, -0.25) is 9.69 Å². The fourth-order valence-corrected chi connectivity index (χ4v) is 4.50.